The van der Waals surface area contributed by atoms with Crippen LogP contribution in [0.4, 0.5) is 0 Å². The Morgan fingerprint density at radius 1 is 1.40 bits per heavy atom. The quantitative estimate of drug-likeness (QED) is 0.682. The molecule has 1 rings (SSSR count). The molecule has 3 nitrogen and oxygen atoms in total. The number of rotatable bonds is 1. The van der Waals surface area contributed by atoms with Gasteiger partial charge in [-0.1, -0.05) is 17.9 Å². The van der Waals surface area contributed by atoms with Gasteiger partial charge in [0.2, 0.25) is 0 Å². The van der Waals surface area contributed by atoms with E-state index >= 15 is 0 Å². The van der Waals surface area contributed by atoms with Crippen molar-refractivity contribution in [2.75, 3.05) is 0 Å². The number of aliphatic hydroxyl groups is 1. The summed E-state index contributed by atoms with van der Waals surface area (Å²) in [6.07, 6.45) is 0. The van der Waals surface area contributed by atoms with Crippen LogP contribution in [0.15, 0.2) is 24.3 Å². The Labute approximate surface area is 88.4 Å². The van der Waals surface area contributed by atoms with Gasteiger partial charge in [-0.05, 0) is 32.0 Å². The molecule has 0 bridgehead atoms. The van der Waals surface area contributed by atoms with Crippen molar-refractivity contribution in [3.05, 3.63) is 35.4 Å². The summed E-state index contributed by atoms with van der Waals surface area (Å²) < 4.78 is 0. The molecule has 0 heterocycles. The molecule has 0 saturated carbocycles. The lowest BCUT2D eigenvalue weighted by Crippen LogP contribution is -2.14. The van der Waals surface area contributed by atoms with Crippen LogP contribution in [-0.4, -0.2) is 21.8 Å². The van der Waals surface area contributed by atoms with Crippen LogP contribution < -0.4 is 0 Å². The Bertz CT molecular complexity index is 430. The zero-order valence-corrected chi connectivity index (χ0v) is 8.61. The lowest BCUT2D eigenvalue weighted by Gasteiger charge is -2.05. The highest BCUT2D eigenvalue weighted by Crippen LogP contribution is 2.05. The minimum absolute atomic E-state index is 0.192. The van der Waals surface area contributed by atoms with Gasteiger partial charge >= 0.3 is 5.97 Å². The van der Waals surface area contributed by atoms with Gasteiger partial charge in [0, 0.05) is 5.56 Å². The normalized spacial score (nSPS) is 10.3. The molecule has 0 aliphatic heterocycles. The summed E-state index contributed by atoms with van der Waals surface area (Å²) in [7, 11) is 0. The number of carbonyl (C=O) groups is 1. The third-order valence-electron chi connectivity index (χ3n) is 1.62. The highest BCUT2D eigenvalue weighted by molar-refractivity contribution is 5.88. The predicted molar refractivity (Wildman–Crippen MR) is 56.6 cm³/mol. The summed E-state index contributed by atoms with van der Waals surface area (Å²) >= 11 is 0. The summed E-state index contributed by atoms with van der Waals surface area (Å²) in [6.45, 7) is 3.14. The van der Waals surface area contributed by atoms with E-state index in [4.69, 9.17) is 5.11 Å². The molecular weight excluding hydrogens is 192 g/mol. The predicted octanol–water partition coefficient (Wildman–Crippen LogP) is 1.51. The molecule has 3 heteroatoms. The molecule has 0 spiro atoms. The van der Waals surface area contributed by atoms with Gasteiger partial charge < -0.3 is 10.2 Å². The van der Waals surface area contributed by atoms with Crippen molar-refractivity contribution in [3.63, 3.8) is 0 Å². The van der Waals surface area contributed by atoms with E-state index in [0.29, 0.717) is 5.56 Å². The van der Waals surface area contributed by atoms with Gasteiger partial charge in [0.05, 0.1) is 5.56 Å². The smallest absolute Gasteiger partial charge is 0.335 e. The summed E-state index contributed by atoms with van der Waals surface area (Å²) in [5.74, 6) is 4.35. The second kappa shape index (κ2) is 4.16. The van der Waals surface area contributed by atoms with E-state index in [1.54, 1.807) is 26.0 Å². The number of aromatic carboxylic acids is 1. The largest absolute Gasteiger partial charge is 0.478 e. The number of carboxylic acid groups (broad SMARTS) is 1. The minimum Gasteiger partial charge on any atom is -0.478 e. The highest BCUT2D eigenvalue weighted by Gasteiger charge is 2.06. The molecule has 0 unspecified atom stereocenters. The standard InChI is InChI=1S/C12H12O3/c1-12(2,15)7-6-9-4-3-5-10(8-9)11(13)14/h3-5,8,15H,1-2H3,(H,13,14). The van der Waals surface area contributed by atoms with Gasteiger partial charge in [-0.15, -0.1) is 0 Å². The molecule has 0 fully saturated rings. The Balaban J connectivity index is 3.00. The Morgan fingerprint density at radius 2 is 2.07 bits per heavy atom. The minimum atomic E-state index is -1.07. The number of hydrogen-bond acceptors (Lipinski definition) is 2. The van der Waals surface area contributed by atoms with Crippen LogP contribution in [0.5, 0.6) is 0 Å². The Kier molecular flexibility index (Phi) is 3.13. The van der Waals surface area contributed by atoms with Gasteiger partial charge in [0.25, 0.3) is 0 Å². The van der Waals surface area contributed by atoms with Crippen molar-refractivity contribution in [1.82, 2.24) is 0 Å². The molecule has 0 radical (unpaired) electrons. The van der Waals surface area contributed by atoms with Crippen molar-refractivity contribution in [3.8, 4) is 11.8 Å². The molecule has 0 atom stereocenters. The number of carboxylic acids is 1. The van der Waals surface area contributed by atoms with Crippen LogP contribution in [-0.2, 0) is 0 Å². The lowest BCUT2D eigenvalue weighted by atomic mass is 10.1. The fourth-order valence-electron chi connectivity index (χ4n) is 0.955. The number of hydrogen-bond donors (Lipinski definition) is 2. The monoisotopic (exact) mass is 204 g/mol. The second-order valence-electron chi connectivity index (χ2n) is 3.69. The first-order valence-electron chi connectivity index (χ1n) is 4.47. The molecule has 0 saturated heterocycles. The maximum absolute atomic E-state index is 10.7. The summed E-state index contributed by atoms with van der Waals surface area (Å²) in [6, 6.07) is 6.29. The van der Waals surface area contributed by atoms with Gasteiger partial charge in [-0.2, -0.15) is 0 Å². The topological polar surface area (TPSA) is 57.5 Å². The summed E-state index contributed by atoms with van der Waals surface area (Å²) in [5, 5.41) is 18.1. The molecule has 0 aliphatic carbocycles. The van der Waals surface area contributed by atoms with E-state index in [0.717, 1.165) is 0 Å². The third kappa shape index (κ3) is 3.84. The molecule has 78 valence electrons. The first kappa shape index (κ1) is 11.3. The van der Waals surface area contributed by atoms with Crippen LogP contribution in [0.3, 0.4) is 0 Å². The molecule has 0 amide bonds. The van der Waals surface area contributed by atoms with E-state index in [9.17, 15) is 9.90 Å². The maximum Gasteiger partial charge on any atom is 0.335 e. The fourth-order valence-corrected chi connectivity index (χ4v) is 0.955. The average Bonchev–Trinajstić information content (AvgIpc) is 2.14. The molecule has 1 aromatic carbocycles. The molecule has 0 aromatic heterocycles. The molecular formula is C12H12O3. The molecule has 15 heavy (non-hydrogen) atoms. The van der Waals surface area contributed by atoms with Gasteiger partial charge in [0.15, 0.2) is 0 Å². The second-order valence-corrected chi connectivity index (χ2v) is 3.69. The zero-order chi connectivity index (χ0) is 11.5. The van der Waals surface area contributed by atoms with Gasteiger partial charge in [-0.3, -0.25) is 0 Å². The number of benzene rings is 1. The van der Waals surface area contributed by atoms with Crippen LogP contribution >= 0.6 is 0 Å². The van der Waals surface area contributed by atoms with Crippen molar-refractivity contribution >= 4 is 5.97 Å². The van der Waals surface area contributed by atoms with Gasteiger partial charge in [0.1, 0.15) is 5.60 Å². The summed E-state index contributed by atoms with van der Waals surface area (Å²) in [4.78, 5) is 10.7. The SMILES string of the molecule is CC(C)(O)C#Cc1cccc(C(=O)O)c1. The van der Waals surface area contributed by atoms with Crippen LogP contribution in [0.1, 0.15) is 29.8 Å². The van der Waals surface area contributed by atoms with Crippen LogP contribution in [0.25, 0.3) is 0 Å². The molecule has 1 aromatic rings. The van der Waals surface area contributed by atoms with E-state index in [2.05, 4.69) is 11.8 Å². The van der Waals surface area contributed by atoms with E-state index in [1.165, 1.54) is 12.1 Å². The third-order valence-corrected chi connectivity index (χ3v) is 1.62. The van der Waals surface area contributed by atoms with Crippen LogP contribution in [0.2, 0.25) is 0 Å². The van der Waals surface area contributed by atoms with E-state index in [-0.39, 0.29) is 5.56 Å². The van der Waals surface area contributed by atoms with Crippen molar-refractivity contribution in [1.29, 1.82) is 0 Å². The van der Waals surface area contributed by atoms with Crippen molar-refractivity contribution in [2.45, 2.75) is 19.4 Å². The highest BCUT2D eigenvalue weighted by atomic mass is 16.4. The fraction of sp³-hybridized carbons (Fsp3) is 0.250. The first-order valence-corrected chi connectivity index (χ1v) is 4.47. The Morgan fingerprint density at radius 3 is 2.60 bits per heavy atom. The Hall–Kier alpha value is -1.79. The van der Waals surface area contributed by atoms with Gasteiger partial charge in [-0.25, -0.2) is 4.79 Å². The molecule has 0 aliphatic rings. The maximum atomic E-state index is 10.7. The first-order chi connectivity index (χ1) is 6.88. The van der Waals surface area contributed by atoms with E-state index < -0.39 is 11.6 Å². The average molecular weight is 204 g/mol. The van der Waals surface area contributed by atoms with Crippen LogP contribution in [0, 0.1) is 11.8 Å². The van der Waals surface area contributed by atoms with Crippen molar-refractivity contribution in [2.24, 2.45) is 0 Å². The van der Waals surface area contributed by atoms with E-state index in [1.807, 2.05) is 0 Å². The van der Waals surface area contributed by atoms with Crippen molar-refractivity contribution < 1.29 is 15.0 Å². The zero-order valence-electron chi connectivity index (χ0n) is 8.61. The summed E-state index contributed by atoms with van der Waals surface area (Å²) in [5.41, 5.74) is -0.297. The molecule has 2 N–H and O–H groups in total. The lowest BCUT2D eigenvalue weighted by molar-refractivity contribution is 0.0697.